The normalized spacial score (nSPS) is 17.8. The van der Waals surface area contributed by atoms with E-state index < -0.39 is 25.2 Å². The number of aliphatic hydroxyl groups excluding tert-OH is 1. The molecule has 0 saturated heterocycles. The van der Waals surface area contributed by atoms with E-state index in [4.69, 9.17) is 4.43 Å². The van der Waals surface area contributed by atoms with Crippen LogP contribution in [0.15, 0.2) is 29.2 Å². The maximum atomic E-state index is 12.5. The molecule has 0 bridgehead atoms. The van der Waals surface area contributed by atoms with Crippen molar-refractivity contribution in [3.05, 3.63) is 29.8 Å². The van der Waals surface area contributed by atoms with E-state index >= 15 is 0 Å². The fourth-order valence-electron chi connectivity index (χ4n) is 2.34. The average molecular weight is 385 g/mol. The number of hydrogen-bond donors (Lipinski definition) is 1. The van der Waals surface area contributed by atoms with Crippen LogP contribution in [0.1, 0.15) is 40.2 Å². The van der Waals surface area contributed by atoms with E-state index in [1.54, 1.807) is 0 Å². The van der Waals surface area contributed by atoms with Crippen molar-refractivity contribution in [1.29, 1.82) is 0 Å². The quantitative estimate of drug-likeness (QED) is 0.657. The van der Waals surface area contributed by atoms with Gasteiger partial charge in [-0.3, -0.25) is 4.21 Å². The predicted octanol–water partition coefficient (Wildman–Crippen LogP) is 4.76. The summed E-state index contributed by atoms with van der Waals surface area (Å²) in [5.41, 5.74) is 1.16. The summed E-state index contributed by atoms with van der Waals surface area (Å²) in [6.07, 6.45) is -0.515. The first-order chi connectivity index (χ1) is 11.3. The lowest BCUT2D eigenvalue weighted by atomic mass is 9.96. The summed E-state index contributed by atoms with van der Waals surface area (Å²) in [6, 6.07) is 7.77. The van der Waals surface area contributed by atoms with Crippen LogP contribution in [-0.4, -0.2) is 36.1 Å². The molecule has 0 saturated carbocycles. The number of hydrogen-bond acceptors (Lipinski definition) is 3. The van der Waals surface area contributed by atoms with Crippen LogP contribution in [0, 0.1) is 18.8 Å². The summed E-state index contributed by atoms with van der Waals surface area (Å²) in [7, 11) is -2.90. The van der Waals surface area contributed by atoms with Gasteiger partial charge in [0.15, 0.2) is 8.32 Å². The minimum Gasteiger partial charge on any atom is -0.416 e. The van der Waals surface area contributed by atoms with Gasteiger partial charge in [0.05, 0.1) is 16.9 Å². The molecule has 1 aromatic carbocycles. The Kier molecular flexibility index (Phi) is 8.06. The Bertz CT molecular complexity index is 563. The topological polar surface area (TPSA) is 46.5 Å². The van der Waals surface area contributed by atoms with Gasteiger partial charge in [0, 0.05) is 23.2 Å². The SMILES string of the molecule is Cc1ccc(S(=O)C[C@@H](C)[C@@H](O)[C@@H](C)CO[Si](C)(C)C(C)(C)C)cc1. The Morgan fingerprint density at radius 3 is 2.12 bits per heavy atom. The molecule has 0 amide bonds. The first-order valence-electron chi connectivity index (χ1n) is 9.12. The molecular formula is C20H36O3SSi. The summed E-state index contributed by atoms with van der Waals surface area (Å²) in [5, 5.41) is 10.8. The van der Waals surface area contributed by atoms with Gasteiger partial charge in [-0.05, 0) is 43.1 Å². The minimum atomic E-state index is -1.81. The van der Waals surface area contributed by atoms with Crippen LogP contribution in [0.4, 0.5) is 0 Å². The van der Waals surface area contributed by atoms with Crippen molar-refractivity contribution in [2.24, 2.45) is 11.8 Å². The van der Waals surface area contributed by atoms with Gasteiger partial charge in [0.1, 0.15) is 0 Å². The molecule has 1 rings (SSSR count). The van der Waals surface area contributed by atoms with Gasteiger partial charge in [0.25, 0.3) is 0 Å². The smallest absolute Gasteiger partial charge is 0.191 e. The second-order valence-electron chi connectivity index (χ2n) is 8.84. The summed E-state index contributed by atoms with van der Waals surface area (Å²) < 4.78 is 18.8. The van der Waals surface area contributed by atoms with Crippen LogP contribution in [0.2, 0.25) is 18.1 Å². The number of aliphatic hydroxyl groups is 1. The van der Waals surface area contributed by atoms with E-state index in [1.165, 1.54) is 0 Å². The van der Waals surface area contributed by atoms with E-state index in [9.17, 15) is 9.32 Å². The number of rotatable bonds is 8. The van der Waals surface area contributed by atoms with Crippen LogP contribution < -0.4 is 0 Å². The Balaban J connectivity index is 2.58. The molecule has 0 fully saturated rings. The third-order valence-electron chi connectivity index (χ3n) is 5.38. The molecule has 5 heteroatoms. The predicted molar refractivity (Wildman–Crippen MR) is 110 cm³/mol. The summed E-state index contributed by atoms with van der Waals surface area (Å²) in [5.74, 6) is 0.452. The van der Waals surface area contributed by atoms with Crippen molar-refractivity contribution in [1.82, 2.24) is 0 Å². The summed E-state index contributed by atoms with van der Waals surface area (Å²) in [4.78, 5) is 0.829. The summed E-state index contributed by atoms with van der Waals surface area (Å²) in [6.45, 7) is 17.7. The molecule has 0 heterocycles. The standard InChI is InChI=1S/C20H36O3SSi/c1-15-9-11-18(12-10-15)24(22)14-17(3)19(21)16(2)13-23-25(7,8)20(4,5)6/h9-12,16-17,19,21H,13-14H2,1-8H3/t16-,17+,19-,24?/m0/s1. The van der Waals surface area contributed by atoms with Gasteiger partial charge in [-0.25, -0.2) is 0 Å². The lowest BCUT2D eigenvalue weighted by molar-refractivity contribution is 0.0465. The van der Waals surface area contributed by atoms with Gasteiger partial charge in [-0.2, -0.15) is 0 Å². The van der Waals surface area contributed by atoms with Crippen molar-refractivity contribution in [2.75, 3.05) is 12.4 Å². The highest BCUT2D eigenvalue weighted by Gasteiger charge is 2.38. The molecule has 1 unspecified atom stereocenters. The van der Waals surface area contributed by atoms with Crippen molar-refractivity contribution in [2.45, 2.75) is 70.7 Å². The molecule has 0 aliphatic heterocycles. The third-order valence-corrected chi connectivity index (χ3v) is 11.5. The van der Waals surface area contributed by atoms with Crippen molar-refractivity contribution >= 4 is 19.1 Å². The fraction of sp³-hybridized carbons (Fsp3) is 0.700. The molecule has 1 N–H and O–H groups in total. The molecule has 0 aliphatic carbocycles. The van der Waals surface area contributed by atoms with Crippen LogP contribution in [0.3, 0.4) is 0 Å². The average Bonchev–Trinajstić information content (AvgIpc) is 2.51. The second kappa shape index (κ2) is 8.93. The van der Waals surface area contributed by atoms with E-state index in [1.807, 2.05) is 45.0 Å². The molecule has 0 aliphatic rings. The Morgan fingerprint density at radius 1 is 1.12 bits per heavy atom. The number of benzene rings is 1. The molecular weight excluding hydrogens is 348 g/mol. The van der Waals surface area contributed by atoms with Crippen molar-refractivity contribution in [3.8, 4) is 0 Å². The van der Waals surface area contributed by atoms with E-state index in [-0.39, 0.29) is 16.9 Å². The molecule has 0 spiro atoms. The highest BCUT2D eigenvalue weighted by molar-refractivity contribution is 7.85. The molecule has 0 aromatic heterocycles. The Hall–Kier alpha value is -0.493. The second-order valence-corrected chi connectivity index (χ2v) is 15.1. The summed E-state index contributed by atoms with van der Waals surface area (Å²) >= 11 is 0. The van der Waals surface area contributed by atoms with Crippen molar-refractivity contribution < 1.29 is 13.7 Å². The van der Waals surface area contributed by atoms with E-state index in [0.29, 0.717) is 12.4 Å². The molecule has 4 atom stereocenters. The highest BCUT2D eigenvalue weighted by atomic mass is 32.2. The van der Waals surface area contributed by atoms with Crippen LogP contribution in [0.25, 0.3) is 0 Å². The van der Waals surface area contributed by atoms with Crippen LogP contribution >= 0.6 is 0 Å². The first kappa shape index (κ1) is 22.5. The van der Waals surface area contributed by atoms with Gasteiger partial charge >= 0.3 is 0 Å². The maximum absolute atomic E-state index is 12.5. The molecule has 0 radical (unpaired) electrons. The van der Waals surface area contributed by atoms with Gasteiger partial charge in [-0.1, -0.05) is 52.3 Å². The van der Waals surface area contributed by atoms with Crippen LogP contribution in [0.5, 0.6) is 0 Å². The van der Waals surface area contributed by atoms with Gasteiger partial charge in [0.2, 0.25) is 0 Å². The lowest BCUT2D eigenvalue weighted by Crippen LogP contribution is -2.43. The third kappa shape index (κ3) is 6.63. The zero-order valence-electron chi connectivity index (χ0n) is 17.1. The maximum Gasteiger partial charge on any atom is 0.191 e. The largest absolute Gasteiger partial charge is 0.416 e. The first-order valence-corrected chi connectivity index (χ1v) is 13.3. The van der Waals surface area contributed by atoms with Crippen LogP contribution in [-0.2, 0) is 15.2 Å². The van der Waals surface area contributed by atoms with Gasteiger partial charge in [-0.15, -0.1) is 0 Å². The lowest BCUT2D eigenvalue weighted by Gasteiger charge is -2.37. The molecule has 1 aromatic rings. The highest BCUT2D eigenvalue weighted by Crippen LogP contribution is 2.37. The number of aryl methyl sites for hydroxylation is 1. The van der Waals surface area contributed by atoms with Gasteiger partial charge < -0.3 is 9.53 Å². The van der Waals surface area contributed by atoms with E-state index in [2.05, 4.69) is 33.9 Å². The van der Waals surface area contributed by atoms with E-state index in [0.717, 1.165) is 10.5 Å². The zero-order valence-corrected chi connectivity index (χ0v) is 18.9. The molecule has 3 nitrogen and oxygen atoms in total. The minimum absolute atomic E-state index is 0.0270. The Labute approximate surface area is 157 Å². The Morgan fingerprint density at radius 2 is 1.64 bits per heavy atom. The zero-order chi connectivity index (χ0) is 19.4. The fourth-order valence-corrected chi connectivity index (χ4v) is 4.76. The molecule has 144 valence electrons. The van der Waals surface area contributed by atoms with Crippen molar-refractivity contribution in [3.63, 3.8) is 0 Å². The molecule has 25 heavy (non-hydrogen) atoms. The monoisotopic (exact) mass is 384 g/mol.